The van der Waals surface area contributed by atoms with Gasteiger partial charge in [0, 0.05) is 0 Å². The molecule has 2 rings (SSSR count). The number of aromatic amines is 1. The van der Waals surface area contributed by atoms with Crippen molar-refractivity contribution in [1.82, 2.24) is 0 Å². The van der Waals surface area contributed by atoms with Gasteiger partial charge in [0.2, 0.25) is 0 Å². The number of nitrogen functional groups attached to an aromatic ring is 1. The number of carbonyl (C=O) groups is 1. The van der Waals surface area contributed by atoms with Gasteiger partial charge in [0.05, 0.1) is 4.90 Å². The second kappa shape index (κ2) is 7.00. The maximum Gasteiger partial charge on any atom is 0.124 e. The van der Waals surface area contributed by atoms with Crippen molar-refractivity contribution in [3.63, 3.8) is 0 Å². The van der Waals surface area contributed by atoms with Crippen LogP contribution < -0.4 is 10.7 Å². The molecule has 6 nitrogen and oxygen atoms in total. The summed E-state index contributed by atoms with van der Waals surface area (Å²) in [6, 6.07) is 5.78. The predicted octanol–water partition coefficient (Wildman–Crippen LogP) is 0.550. The van der Waals surface area contributed by atoms with Crippen molar-refractivity contribution < 1.29 is 22.7 Å². The number of H-pyrrole nitrogens is 1. The topological polar surface area (TPSA) is 114 Å². The van der Waals surface area contributed by atoms with E-state index in [1.54, 1.807) is 19.1 Å². The van der Waals surface area contributed by atoms with Gasteiger partial charge < -0.3 is 4.55 Å². The average Bonchev–Trinajstić information content (AvgIpc) is 2.69. The monoisotopic (exact) mass is 376 g/mol. The standard InChI is InChI=1S/C7H8O3S.C6H8N2OSe/c1-6-2-4-7(5-3-6)11(8,9)10;1-3-5(4(2)9)10-6(7)8-3/h2-5H,1H3,(H,8,9,10);1-2H3,(H2,7,8). The van der Waals surface area contributed by atoms with Crippen LogP contribution in [0.1, 0.15) is 27.4 Å². The molecule has 114 valence electrons. The molecule has 3 N–H and O–H groups in total. The Hall–Kier alpha value is -1.47. The number of ketones is 1. The summed E-state index contributed by atoms with van der Waals surface area (Å²) in [5.74, 6) is 0.130. The molecular formula is C13H16N2O4SSe. The molecule has 0 radical (unpaired) electrons. The second-order valence-corrected chi connectivity index (χ2v) is 7.96. The van der Waals surface area contributed by atoms with Crippen LogP contribution in [0.5, 0.6) is 0 Å². The van der Waals surface area contributed by atoms with Crippen molar-refractivity contribution in [1.29, 1.82) is 0 Å². The van der Waals surface area contributed by atoms with Gasteiger partial charge in [0.15, 0.2) is 0 Å². The first-order valence-corrected chi connectivity index (χ1v) is 9.05. The number of hydrogen-bond donors (Lipinski definition) is 1. The van der Waals surface area contributed by atoms with E-state index in [2.05, 4.69) is 4.98 Å². The van der Waals surface area contributed by atoms with Crippen LogP contribution in [0.15, 0.2) is 29.2 Å². The number of aryl methyl sites for hydroxylation is 2. The van der Waals surface area contributed by atoms with Gasteiger partial charge in [-0.3, -0.25) is 0 Å². The zero-order valence-corrected chi connectivity index (χ0v) is 14.4. The Balaban J connectivity index is 0.000000211. The number of anilines is 1. The summed E-state index contributed by atoms with van der Waals surface area (Å²) in [6.07, 6.45) is 0. The molecule has 0 spiro atoms. The molecule has 0 aliphatic carbocycles. The Bertz CT molecular complexity index is 736. The van der Waals surface area contributed by atoms with Crippen molar-refractivity contribution >= 4 is 35.1 Å². The Morgan fingerprint density at radius 1 is 1.24 bits per heavy atom. The van der Waals surface area contributed by atoms with Gasteiger partial charge in [-0.1, -0.05) is 17.7 Å². The Kier molecular flexibility index (Phi) is 5.86. The summed E-state index contributed by atoms with van der Waals surface area (Å²) < 4.78 is 32.8. The van der Waals surface area contributed by atoms with Gasteiger partial charge in [0.25, 0.3) is 0 Å². The quantitative estimate of drug-likeness (QED) is 0.468. The number of rotatable bonds is 2. The third kappa shape index (κ3) is 5.43. The summed E-state index contributed by atoms with van der Waals surface area (Å²) >= 11 is 0.0515. The van der Waals surface area contributed by atoms with Gasteiger partial charge >= 0.3 is 64.5 Å². The summed E-state index contributed by atoms with van der Waals surface area (Å²) in [6.45, 7) is 5.26. The van der Waals surface area contributed by atoms with Crippen molar-refractivity contribution in [2.75, 3.05) is 5.73 Å². The van der Waals surface area contributed by atoms with E-state index in [9.17, 15) is 17.8 Å². The molecule has 0 saturated carbocycles. The Morgan fingerprint density at radius 3 is 2.05 bits per heavy atom. The molecule has 1 aromatic heterocycles. The first-order valence-electron chi connectivity index (χ1n) is 5.93. The SMILES string of the molecule is CC(=O)c1[se]c(N)[nH+]c1C.Cc1ccc(S(=O)(=O)[O-])cc1. The van der Waals surface area contributed by atoms with Crippen molar-refractivity contribution in [2.45, 2.75) is 25.7 Å². The minimum atomic E-state index is -4.27. The Labute approximate surface area is 129 Å². The van der Waals surface area contributed by atoms with Crippen LogP contribution in [0, 0.1) is 13.8 Å². The smallest absolute Gasteiger partial charge is 0.124 e. The fourth-order valence-electron chi connectivity index (χ4n) is 1.49. The minimum Gasteiger partial charge on any atom is -0.744 e. The molecule has 0 unspecified atom stereocenters. The molecule has 21 heavy (non-hydrogen) atoms. The van der Waals surface area contributed by atoms with E-state index in [0.29, 0.717) is 0 Å². The molecule has 0 bridgehead atoms. The maximum absolute atomic E-state index is 10.9. The summed E-state index contributed by atoms with van der Waals surface area (Å²) in [5, 5.41) is 0. The Morgan fingerprint density at radius 2 is 1.76 bits per heavy atom. The van der Waals surface area contributed by atoms with Gasteiger partial charge in [0.1, 0.15) is 10.1 Å². The normalized spacial score (nSPS) is 10.7. The van der Waals surface area contributed by atoms with Crippen molar-refractivity contribution in [3.8, 4) is 0 Å². The zero-order chi connectivity index (χ0) is 16.2. The summed E-state index contributed by atoms with van der Waals surface area (Å²) in [7, 11) is -4.27. The van der Waals surface area contributed by atoms with Crippen molar-refractivity contribution in [2.24, 2.45) is 0 Å². The second-order valence-electron chi connectivity index (χ2n) is 4.37. The average molecular weight is 375 g/mol. The number of nitrogens with one attached hydrogen (secondary N) is 1. The molecule has 2 aromatic rings. The van der Waals surface area contributed by atoms with E-state index < -0.39 is 10.1 Å². The van der Waals surface area contributed by atoms with Crippen LogP contribution in [-0.2, 0) is 10.1 Å². The van der Waals surface area contributed by atoms with E-state index >= 15 is 0 Å². The number of benzene rings is 1. The fraction of sp³-hybridized carbons (Fsp3) is 0.231. The molecule has 0 aliphatic rings. The van der Waals surface area contributed by atoms with Gasteiger partial charge in [-0.2, -0.15) is 0 Å². The third-order valence-corrected chi connectivity index (χ3v) is 5.69. The molecule has 0 aliphatic heterocycles. The third-order valence-electron chi connectivity index (χ3n) is 2.49. The molecule has 0 saturated heterocycles. The van der Waals surface area contributed by atoms with E-state index in [4.69, 9.17) is 5.73 Å². The van der Waals surface area contributed by atoms with E-state index in [-0.39, 0.29) is 25.2 Å². The van der Waals surface area contributed by atoms with Gasteiger partial charge in [-0.05, 0) is 19.1 Å². The fourth-order valence-corrected chi connectivity index (χ4v) is 3.58. The van der Waals surface area contributed by atoms with E-state index in [1.807, 2.05) is 13.8 Å². The molecule has 0 fully saturated rings. The number of Topliss-reactive ketones (excluding diaryl/α,β-unsaturated/α-hetero) is 1. The number of nitrogens with two attached hydrogens (primary N) is 1. The number of hydrogen-bond acceptors (Lipinski definition) is 5. The largest absolute Gasteiger partial charge is 0.744 e. The number of carbonyl (C=O) groups excluding carboxylic acids is 1. The maximum atomic E-state index is 10.9. The van der Waals surface area contributed by atoms with Crippen LogP contribution in [0.3, 0.4) is 0 Å². The first kappa shape index (κ1) is 17.6. The van der Waals surface area contributed by atoms with E-state index in [0.717, 1.165) is 20.4 Å². The summed E-state index contributed by atoms with van der Waals surface area (Å²) in [5.41, 5.74) is 7.34. The van der Waals surface area contributed by atoms with Crippen LogP contribution >= 0.6 is 0 Å². The number of aromatic nitrogens is 1. The van der Waals surface area contributed by atoms with Crippen LogP contribution in [-0.4, -0.2) is 33.3 Å². The molecule has 1 aromatic carbocycles. The summed E-state index contributed by atoms with van der Waals surface area (Å²) in [4.78, 5) is 13.6. The van der Waals surface area contributed by atoms with Crippen LogP contribution in [0.25, 0.3) is 0 Å². The minimum absolute atomic E-state index is 0.0515. The zero-order valence-electron chi connectivity index (χ0n) is 11.8. The van der Waals surface area contributed by atoms with Gasteiger partial charge in [-0.25, -0.2) is 8.42 Å². The van der Waals surface area contributed by atoms with Crippen LogP contribution in [0.2, 0.25) is 0 Å². The molecule has 0 amide bonds. The molecule has 8 heteroatoms. The first-order chi connectivity index (χ1) is 9.61. The molecule has 0 atom stereocenters. The molecule has 1 heterocycles. The predicted molar refractivity (Wildman–Crippen MR) is 78.2 cm³/mol. The van der Waals surface area contributed by atoms with Crippen molar-refractivity contribution in [3.05, 3.63) is 40.0 Å². The van der Waals surface area contributed by atoms with E-state index in [1.165, 1.54) is 12.1 Å². The van der Waals surface area contributed by atoms with Crippen LogP contribution in [0.4, 0.5) is 4.69 Å². The molecular weight excluding hydrogens is 359 g/mol. The van der Waals surface area contributed by atoms with Gasteiger partial charge in [-0.15, -0.1) is 0 Å².